The lowest BCUT2D eigenvalue weighted by Gasteiger charge is -2.35. The summed E-state index contributed by atoms with van der Waals surface area (Å²) in [4.78, 5) is 16.0. The van der Waals surface area contributed by atoms with Crippen molar-refractivity contribution in [2.45, 2.75) is 6.42 Å². The second-order valence-corrected chi connectivity index (χ2v) is 4.42. The summed E-state index contributed by atoms with van der Waals surface area (Å²) in [5.41, 5.74) is 0. The summed E-state index contributed by atoms with van der Waals surface area (Å²) >= 11 is 0. The zero-order valence-corrected chi connectivity index (χ0v) is 9.53. The molecule has 0 radical (unpaired) electrons. The summed E-state index contributed by atoms with van der Waals surface area (Å²) < 4.78 is 17.4. The number of carbonyl (C=O) groups is 1. The van der Waals surface area contributed by atoms with Gasteiger partial charge in [0, 0.05) is 39.3 Å². The summed E-state index contributed by atoms with van der Waals surface area (Å²) in [6.07, 6.45) is 0.851. The fourth-order valence-electron chi connectivity index (χ4n) is 2.30. The summed E-state index contributed by atoms with van der Waals surface area (Å²) in [6.45, 7) is 4.53. The molecule has 0 saturated carbocycles. The minimum Gasteiger partial charge on any atom is -0.381 e. The Hall–Kier alpha value is -0.680. The Kier molecular flexibility index (Phi) is 4.12. The van der Waals surface area contributed by atoms with Crippen LogP contribution in [0.4, 0.5) is 4.39 Å². The minimum absolute atomic E-state index is 0.0627. The third kappa shape index (κ3) is 2.71. The molecule has 0 aliphatic carbocycles. The average Bonchev–Trinajstić information content (AvgIpc) is 2.83. The van der Waals surface area contributed by atoms with Crippen LogP contribution in [0.15, 0.2) is 0 Å². The largest absolute Gasteiger partial charge is 0.381 e. The second kappa shape index (κ2) is 5.59. The van der Waals surface area contributed by atoms with E-state index in [1.807, 2.05) is 4.90 Å². The van der Waals surface area contributed by atoms with Gasteiger partial charge in [0.15, 0.2) is 0 Å². The number of nitrogens with zero attached hydrogens (tertiary/aromatic N) is 2. The average molecular weight is 230 g/mol. The van der Waals surface area contributed by atoms with E-state index in [4.69, 9.17) is 4.74 Å². The van der Waals surface area contributed by atoms with Crippen molar-refractivity contribution < 1.29 is 13.9 Å². The maximum atomic E-state index is 12.1. The lowest BCUT2D eigenvalue weighted by atomic mass is 10.1. The van der Waals surface area contributed by atoms with Gasteiger partial charge in [0.2, 0.25) is 5.91 Å². The molecule has 2 aliphatic rings. The molecule has 0 aromatic heterocycles. The van der Waals surface area contributed by atoms with Crippen molar-refractivity contribution in [1.29, 1.82) is 0 Å². The van der Waals surface area contributed by atoms with E-state index < -0.39 is 0 Å². The molecule has 0 spiro atoms. The van der Waals surface area contributed by atoms with Gasteiger partial charge >= 0.3 is 0 Å². The van der Waals surface area contributed by atoms with Crippen molar-refractivity contribution in [2.75, 3.05) is 52.6 Å². The predicted molar refractivity (Wildman–Crippen MR) is 57.9 cm³/mol. The molecule has 16 heavy (non-hydrogen) atoms. The summed E-state index contributed by atoms with van der Waals surface area (Å²) in [6, 6.07) is 0. The first kappa shape index (κ1) is 11.8. The third-order valence-corrected chi connectivity index (χ3v) is 3.36. The van der Waals surface area contributed by atoms with Crippen molar-refractivity contribution >= 4 is 5.91 Å². The van der Waals surface area contributed by atoms with Crippen molar-refractivity contribution in [2.24, 2.45) is 5.92 Å². The van der Waals surface area contributed by atoms with Gasteiger partial charge in [-0.05, 0) is 6.42 Å². The number of carbonyl (C=O) groups excluding carboxylic acids is 1. The fourth-order valence-corrected chi connectivity index (χ4v) is 2.30. The molecular weight excluding hydrogens is 211 g/mol. The molecule has 4 nitrogen and oxygen atoms in total. The van der Waals surface area contributed by atoms with E-state index in [9.17, 15) is 9.18 Å². The maximum absolute atomic E-state index is 12.1. The van der Waals surface area contributed by atoms with Crippen LogP contribution in [-0.2, 0) is 9.53 Å². The predicted octanol–water partition coefficient (Wildman–Crippen LogP) is 0.137. The van der Waals surface area contributed by atoms with Gasteiger partial charge in [-0.15, -0.1) is 0 Å². The number of alkyl halides is 1. The Balaban J connectivity index is 1.77. The Labute approximate surface area is 95.3 Å². The Morgan fingerprint density at radius 2 is 2.06 bits per heavy atom. The smallest absolute Gasteiger partial charge is 0.228 e. The third-order valence-electron chi connectivity index (χ3n) is 3.36. The van der Waals surface area contributed by atoms with Crippen LogP contribution in [-0.4, -0.2) is 68.3 Å². The molecule has 2 saturated heterocycles. The normalized spacial score (nSPS) is 27.3. The van der Waals surface area contributed by atoms with E-state index in [1.54, 1.807) is 0 Å². The monoisotopic (exact) mass is 230 g/mol. The van der Waals surface area contributed by atoms with Gasteiger partial charge < -0.3 is 9.64 Å². The van der Waals surface area contributed by atoms with Crippen molar-refractivity contribution in [1.82, 2.24) is 9.80 Å². The van der Waals surface area contributed by atoms with Crippen LogP contribution in [0.3, 0.4) is 0 Å². The van der Waals surface area contributed by atoms with Crippen LogP contribution in [0.2, 0.25) is 0 Å². The van der Waals surface area contributed by atoms with Gasteiger partial charge in [0.1, 0.15) is 6.67 Å². The molecule has 2 heterocycles. The quantitative estimate of drug-likeness (QED) is 0.691. The number of ether oxygens (including phenoxy) is 1. The molecule has 92 valence electrons. The maximum Gasteiger partial charge on any atom is 0.228 e. The molecule has 1 amide bonds. The summed E-state index contributed by atoms with van der Waals surface area (Å²) in [7, 11) is 0. The molecule has 0 aromatic rings. The van der Waals surface area contributed by atoms with Crippen LogP contribution in [0.5, 0.6) is 0 Å². The van der Waals surface area contributed by atoms with Crippen LogP contribution in [0.25, 0.3) is 0 Å². The van der Waals surface area contributed by atoms with E-state index >= 15 is 0 Å². The van der Waals surface area contributed by atoms with Gasteiger partial charge in [-0.2, -0.15) is 0 Å². The van der Waals surface area contributed by atoms with Crippen LogP contribution in [0, 0.1) is 5.92 Å². The van der Waals surface area contributed by atoms with Gasteiger partial charge in [-0.25, -0.2) is 4.39 Å². The van der Waals surface area contributed by atoms with E-state index in [1.165, 1.54) is 0 Å². The number of hydrogen-bond donors (Lipinski definition) is 0. The summed E-state index contributed by atoms with van der Waals surface area (Å²) in [5.74, 6) is 0.283. The van der Waals surface area contributed by atoms with Crippen LogP contribution >= 0.6 is 0 Å². The molecule has 2 fully saturated rings. The van der Waals surface area contributed by atoms with Crippen molar-refractivity contribution in [3.63, 3.8) is 0 Å². The van der Waals surface area contributed by atoms with Crippen molar-refractivity contribution in [3.05, 3.63) is 0 Å². The van der Waals surface area contributed by atoms with Gasteiger partial charge in [0.25, 0.3) is 0 Å². The lowest BCUT2D eigenvalue weighted by molar-refractivity contribution is -0.137. The number of piperazine rings is 1. The molecule has 1 atom stereocenters. The summed E-state index contributed by atoms with van der Waals surface area (Å²) in [5, 5.41) is 0. The Bertz CT molecular complexity index is 236. The number of hydrogen-bond acceptors (Lipinski definition) is 3. The highest BCUT2D eigenvalue weighted by Gasteiger charge is 2.29. The molecule has 2 rings (SSSR count). The second-order valence-electron chi connectivity index (χ2n) is 4.42. The van der Waals surface area contributed by atoms with Crippen molar-refractivity contribution in [3.8, 4) is 0 Å². The first-order valence-corrected chi connectivity index (χ1v) is 5.96. The molecule has 0 N–H and O–H groups in total. The number of halogens is 1. The molecule has 0 unspecified atom stereocenters. The van der Waals surface area contributed by atoms with Crippen LogP contribution < -0.4 is 0 Å². The molecule has 5 heteroatoms. The first-order valence-electron chi connectivity index (χ1n) is 5.96. The standard InChI is InChI=1S/C11H19FN2O2/c12-2-3-13-4-6-14(7-5-13)11(15)10-1-8-16-9-10/h10H,1-9H2/t10-/m1/s1. The Morgan fingerprint density at radius 1 is 1.31 bits per heavy atom. The lowest BCUT2D eigenvalue weighted by Crippen LogP contribution is -2.50. The van der Waals surface area contributed by atoms with Gasteiger partial charge in [-0.3, -0.25) is 9.69 Å². The highest BCUT2D eigenvalue weighted by molar-refractivity contribution is 5.79. The van der Waals surface area contributed by atoms with E-state index in [-0.39, 0.29) is 18.5 Å². The molecule has 2 aliphatic heterocycles. The zero-order valence-electron chi connectivity index (χ0n) is 9.53. The highest BCUT2D eigenvalue weighted by Crippen LogP contribution is 2.16. The number of amides is 1. The molecule has 0 bridgehead atoms. The van der Waals surface area contributed by atoms with E-state index in [2.05, 4.69) is 4.90 Å². The van der Waals surface area contributed by atoms with Crippen LogP contribution in [0.1, 0.15) is 6.42 Å². The molecular formula is C11H19FN2O2. The first-order chi connectivity index (χ1) is 7.81. The highest BCUT2D eigenvalue weighted by atomic mass is 19.1. The van der Waals surface area contributed by atoms with Gasteiger partial charge in [-0.1, -0.05) is 0 Å². The zero-order chi connectivity index (χ0) is 11.4. The topological polar surface area (TPSA) is 32.8 Å². The minimum atomic E-state index is -0.301. The fraction of sp³-hybridized carbons (Fsp3) is 0.909. The molecule has 0 aromatic carbocycles. The SMILES string of the molecule is O=C([C@@H]1CCOC1)N1CCN(CCF)CC1. The van der Waals surface area contributed by atoms with E-state index in [0.29, 0.717) is 19.8 Å². The number of rotatable bonds is 3. The van der Waals surface area contributed by atoms with E-state index in [0.717, 1.165) is 32.6 Å². The Morgan fingerprint density at radius 3 is 2.62 bits per heavy atom. The van der Waals surface area contributed by atoms with Gasteiger partial charge in [0.05, 0.1) is 12.5 Å².